The molecule has 0 fully saturated rings. The number of hydroxylamine groups is 2. The van der Waals surface area contributed by atoms with Crippen LogP contribution in [0.2, 0.25) is 0 Å². The Labute approximate surface area is 116 Å². The highest BCUT2D eigenvalue weighted by Gasteiger charge is 2.40. The summed E-state index contributed by atoms with van der Waals surface area (Å²) in [4.78, 5) is 22.1. The van der Waals surface area contributed by atoms with E-state index in [-0.39, 0.29) is 18.2 Å². The van der Waals surface area contributed by atoms with Crippen molar-refractivity contribution >= 4 is 11.7 Å². The molecule has 0 radical (unpaired) electrons. The molecule has 2 aliphatic heterocycles. The smallest absolute Gasteiger partial charge is 0.284 e. The average Bonchev–Trinajstić information content (AvgIpc) is 2.91. The number of fused-ring (bicyclic) bond motifs is 3. The average molecular weight is 276 g/mol. The third-order valence-electron chi connectivity index (χ3n) is 2.99. The van der Waals surface area contributed by atoms with Crippen LogP contribution in [0.5, 0.6) is 11.5 Å². The number of rotatable bonds is 1. The van der Waals surface area contributed by atoms with E-state index in [0.717, 1.165) is 0 Å². The minimum Gasteiger partial charge on any atom is -0.454 e. The summed E-state index contributed by atoms with van der Waals surface area (Å²) in [6, 6.07) is 3.44. The molecule has 6 nitrogen and oxygen atoms in total. The zero-order valence-electron chi connectivity index (χ0n) is 11.9. The molecule has 0 bridgehead atoms. The van der Waals surface area contributed by atoms with Gasteiger partial charge in [-0.2, -0.15) is 5.06 Å². The van der Waals surface area contributed by atoms with Crippen molar-refractivity contribution in [1.82, 2.24) is 5.06 Å². The van der Waals surface area contributed by atoms with E-state index in [1.54, 1.807) is 12.1 Å². The number of carbonyl (C=O) groups excluding carboxylic acids is 1. The Balaban J connectivity index is 2.24. The van der Waals surface area contributed by atoms with Crippen LogP contribution in [-0.2, 0) is 4.84 Å². The van der Waals surface area contributed by atoms with Gasteiger partial charge in [-0.25, -0.2) is 0 Å². The van der Waals surface area contributed by atoms with Crippen LogP contribution in [0.15, 0.2) is 17.1 Å². The van der Waals surface area contributed by atoms with E-state index in [1.807, 2.05) is 20.8 Å². The Bertz CT molecular complexity index is 616. The third kappa shape index (κ3) is 1.84. The highest BCUT2D eigenvalue weighted by atomic mass is 16.7. The second-order valence-electron chi connectivity index (χ2n) is 5.61. The molecule has 1 aromatic carbocycles. The molecule has 0 saturated heterocycles. The van der Waals surface area contributed by atoms with Gasteiger partial charge >= 0.3 is 0 Å². The van der Waals surface area contributed by atoms with E-state index in [9.17, 15) is 4.79 Å². The van der Waals surface area contributed by atoms with E-state index >= 15 is 0 Å². The van der Waals surface area contributed by atoms with Gasteiger partial charge < -0.3 is 9.47 Å². The lowest BCUT2D eigenvalue weighted by molar-refractivity contribution is -0.0375. The second kappa shape index (κ2) is 4.21. The molecule has 2 aliphatic rings. The Kier molecular flexibility index (Phi) is 2.72. The second-order valence-corrected chi connectivity index (χ2v) is 5.61. The van der Waals surface area contributed by atoms with Crippen LogP contribution in [0.3, 0.4) is 0 Å². The first-order valence-electron chi connectivity index (χ1n) is 6.34. The van der Waals surface area contributed by atoms with Gasteiger partial charge in [0.05, 0.1) is 23.8 Å². The molecule has 1 amide bonds. The summed E-state index contributed by atoms with van der Waals surface area (Å²) in [5, 5.41) is 1.19. The van der Waals surface area contributed by atoms with Gasteiger partial charge in [0.2, 0.25) is 6.79 Å². The molecule has 6 heteroatoms. The van der Waals surface area contributed by atoms with Crippen LogP contribution < -0.4 is 9.47 Å². The van der Waals surface area contributed by atoms with Crippen LogP contribution in [0.1, 0.15) is 36.7 Å². The van der Waals surface area contributed by atoms with E-state index in [4.69, 9.17) is 14.3 Å². The van der Waals surface area contributed by atoms with Gasteiger partial charge in [0.25, 0.3) is 5.91 Å². The Morgan fingerprint density at radius 1 is 1.30 bits per heavy atom. The van der Waals surface area contributed by atoms with Gasteiger partial charge in [0.15, 0.2) is 17.3 Å². The van der Waals surface area contributed by atoms with Crippen LogP contribution in [0.4, 0.5) is 0 Å². The molecule has 3 rings (SSSR count). The number of amides is 1. The molecule has 20 heavy (non-hydrogen) atoms. The van der Waals surface area contributed by atoms with Crippen molar-refractivity contribution in [3.8, 4) is 11.5 Å². The minimum atomic E-state index is -0.351. The lowest BCUT2D eigenvalue weighted by Crippen LogP contribution is -2.31. The SMILES string of the molecule is CON1C(=O)c2ccc3c(c2C1=NC(C)(C)C)OCO3. The van der Waals surface area contributed by atoms with E-state index in [1.165, 1.54) is 12.2 Å². The number of benzene rings is 1. The lowest BCUT2D eigenvalue weighted by atomic mass is 10.1. The van der Waals surface area contributed by atoms with E-state index in [0.29, 0.717) is 28.5 Å². The predicted octanol–water partition coefficient (Wildman–Crippen LogP) is 1.98. The third-order valence-corrected chi connectivity index (χ3v) is 2.99. The molecule has 0 aliphatic carbocycles. The van der Waals surface area contributed by atoms with Crippen LogP contribution in [-0.4, -0.2) is 36.2 Å². The summed E-state index contributed by atoms with van der Waals surface area (Å²) >= 11 is 0. The van der Waals surface area contributed by atoms with Crippen molar-refractivity contribution in [2.24, 2.45) is 4.99 Å². The van der Waals surface area contributed by atoms with Crippen molar-refractivity contribution in [1.29, 1.82) is 0 Å². The molecular formula is C14H16N2O4. The molecule has 1 aromatic rings. The standard InChI is InChI=1S/C14H16N2O4/c1-14(2,3)15-12-10-8(13(17)16(12)18-4)5-6-9-11(10)20-7-19-9/h5-6H,7H2,1-4H3. The quantitative estimate of drug-likeness (QED) is 0.787. The monoisotopic (exact) mass is 276 g/mol. The number of carbonyl (C=O) groups is 1. The molecule has 106 valence electrons. The number of aliphatic imine (C=N–C) groups is 1. The highest BCUT2D eigenvalue weighted by molar-refractivity contribution is 6.24. The maximum Gasteiger partial charge on any atom is 0.284 e. The topological polar surface area (TPSA) is 60.4 Å². The van der Waals surface area contributed by atoms with Crippen LogP contribution >= 0.6 is 0 Å². The number of ether oxygens (including phenoxy) is 2. The first-order valence-corrected chi connectivity index (χ1v) is 6.34. The van der Waals surface area contributed by atoms with Crippen molar-refractivity contribution in [2.45, 2.75) is 26.3 Å². The first-order chi connectivity index (χ1) is 9.42. The summed E-state index contributed by atoms with van der Waals surface area (Å²) in [5.74, 6) is 1.39. The fourth-order valence-corrected chi connectivity index (χ4v) is 2.27. The molecular weight excluding hydrogens is 260 g/mol. The zero-order chi connectivity index (χ0) is 14.5. The Hall–Kier alpha value is -2.08. The van der Waals surface area contributed by atoms with Crippen molar-refractivity contribution < 1.29 is 19.1 Å². The molecule has 0 saturated carbocycles. The van der Waals surface area contributed by atoms with E-state index < -0.39 is 0 Å². The Morgan fingerprint density at radius 3 is 2.70 bits per heavy atom. The van der Waals surface area contributed by atoms with Gasteiger partial charge in [-0.3, -0.25) is 14.6 Å². The molecule has 2 heterocycles. The normalized spacial score (nSPS) is 18.9. The van der Waals surface area contributed by atoms with E-state index in [2.05, 4.69) is 4.99 Å². The maximum atomic E-state index is 12.3. The molecule has 0 aromatic heterocycles. The van der Waals surface area contributed by atoms with Gasteiger partial charge in [-0.15, -0.1) is 0 Å². The molecule has 0 unspecified atom stereocenters. The first kappa shape index (κ1) is 12.9. The molecule has 0 spiro atoms. The molecule has 0 atom stereocenters. The fourth-order valence-electron chi connectivity index (χ4n) is 2.27. The van der Waals surface area contributed by atoms with Gasteiger partial charge in [0.1, 0.15) is 0 Å². The largest absolute Gasteiger partial charge is 0.454 e. The fraction of sp³-hybridized carbons (Fsp3) is 0.429. The number of nitrogens with zero attached hydrogens (tertiary/aromatic N) is 2. The summed E-state index contributed by atoms with van der Waals surface area (Å²) in [6.45, 7) is 6.01. The van der Waals surface area contributed by atoms with Crippen molar-refractivity contribution in [3.63, 3.8) is 0 Å². The Morgan fingerprint density at radius 2 is 2.05 bits per heavy atom. The van der Waals surface area contributed by atoms with Gasteiger partial charge in [0, 0.05) is 0 Å². The van der Waals surface area contributed by atoms with Crippen molar-refractivity contribution in [3.05, 3.63) is 23.3 Å². The maximum absolute atomic E-state index is 12.3. The zero-order valence-corrected chi connectivity index (χ0v) is 11.9. The van der Waals surface area contributed by atoms with Crippen molar-refractivity contribution in [2.75, 3.05) is 13.9 Å². The van der Waals surface area contributed by atoms with Crippen LogP contribution in [0.25, 0.3) is 0 Å². The highest BCUT2D eigenvalue weighted by Crippen LogP contribution is 2.42. The van der Waals surface area contributed by atoms with Gasteiger partial charge in [-0.05, 0) is 32.9 Å². The number of hydrogen-bond donors (Lipinski definition) is 0. The lowest BCUT2D eigenvalue weighted by Gasteiger charge is -2.19. The van der Waals surface area contributed by atoms with Gasteiger partial charge in [-0.1, -0.05) is 0 Å². The number of hydrogen-bond acceptors (Lipinski definition) is 5. The predicted molar refractivity (Wildman–Crippen MR) is 72.0 cm³/mol. The van der Waals surface area contributed by atoms with Crippen LogP contribution in [0, 0.1) is 0 Å². The summed E-state index contributed by atoms with van der Waals surface area (Å²) in [7, 11) is 1.44. The summed E-state index contributed by atoms with van der Waals surface area (Å²) in [6.07, 6.45) is 0. The number of amidine groups is 1. The summed E-state index contributed by atoms with van der Waals surface area (Å²) < 4.78 is 10.8. The minimum absolute atomic E-state index is 0.149. The molecule has 0 N–H and O–H groups in total. The summed E-state index contributed by atoms with van der Waals surface area (Å²) in [5.41, 5.74) is 0.803.